The minimum absolute atomic E-state index is 0.0625. The number of carboxylic acids is 1. The number of carboxylic acid groups (broad SMARTS) is 1. The van der Waals surface area contributed by atoms with Crippen LogP contribution in [-0.2, 0) is 19.2 Å². The van der Waals surface area contributed by atoms with E-state index in [2.05, 4.69) is 33.9 Å². The monoisotopic (exact) mass is 417 g/mol. The second-order valence-electron chi connectivity index (χ2n) is 6.81. The molecule has 7 N–H and O–H groups in total. The first-order valence-corrected chi connectivity index (χ1v) is 10.1. The minimum atomic E-state index is -1.18. The highest BCUT2D eigenvalue weighted by molar-refractivity contribution is 7.80. The summed E-state index contributed by atoms with van der Waals surface area (Å²) in [7, 11) is 0. The van der Waals surface area contributed by atoms with E-state index in [4.69, 9.17) is 10.8 Å². The van der Waals surface area contributed by atoms with Crippen molar-refractivity contribution < 1.29 is 24.3 Å². The number of carbonyl (C=O) groups is 4. The molecule has 0 aliphatic carbocycles. The Bertz CT molecular complexity index is 556. The molecule has 0 bridgehead atoms. The fraction of sp³-hybridized carbons (Fsp3) is 0.765. The number of rotatable bonds is 12. The molecule has 4 atom stereocenters. The molecule has 1 rings (SSSR count). The first-order chi connectivity index (χ1) is 13.3. The van der Waals surface area contributed by atoms with Crippen molar-refractivity contribution in [2.75, 3.05) is 18.8 Å². The van der Waals surface area contributed by atoms with Crippen LogP contribution in [0.3, 0.4) is 0 Å². The van der Waals surface area contributed by atoms with Crippen LogP contribution in [0, 0.1) is 0 Å². The second-order valence-corrected chi connectivity index (χ2v) is 7.17. The number of hydrogen-bond acceptors (Lipinski definition) is 7. The van der Waals surface area contributed by atoms with Gasteiger partial charge in [-0.3, -0.25) is 19.2 Å². The van der Waals surface area contributed by atoms with Crippen LogP contribution in [0.25, 0.3) is 0 Å². The molecule has 1 aliphatic heterocycles. The summed E-state index contributed by atoms with van der Waals surface area (Å²) in [5.74, 6) is -2.54. The van der Waals surface area contributed by atoms with Crippen molar-refractivity contribution in [3.05, 3.63) is 0 Å². The lowest BCUT2D eigenvalue weighted by atomic mass is 10.1. The van der Waals surface area contributed by atoms with E-state index in [1.54, 1.807) is 0 Å². The summed E-state index contributed by atoms with van der Waals surface area (Å²) in [4.78, 5) is 48.2. The molecule has 0 saturated carbocycles. The van der Waals surface area contributed by atoms with E-state index in [1.165, 1.54) is 6.92 Å². The Labute approximate surface area is 170 Å². The van der Waals surface area contributed by atoms with Crippen LogP contribution in [0.1, 0.15) is 39.0 Å². The van der Waals surface area contributed by atoms with Gasteiger partial charge in [0.15, 0.2) is 0 Å². The molecule has 0 aromatic carbocycles. The summed E-state index contributed by atoms with van der Waals surface area (Å²) < 4.78 is 0. The molecular weight excluding hydrogens is 386 g/mol. The molecule has 0 aromatic heterocycles. The Balaban J connectivity index is 2.71. The molecule has 28 heavy (non-hydrogen) atoms. The van der Waals surface area contributed by atoms with Gasteiger partial charge in [0.05, 0.1) is 6.04 Å². The Morgan fingerprint density at radius 3 is 2.36 bits per heavy atom. The Kier molecular flexibility index (Phi) is 10.9. The Hall–Kier alpha value is -1.85. The maximum atomic E-state index is 12.6. The Morgan fingerprint density at radius 1 is 1.14 bits per heavy atom. The van der Waals surface area contributed by atoms with Crippen molar-refractivity contribution in [3.63, 3.8) is 0 Å². The number of carbonyl (C=O) groups excluding carboxylic acids is 3. The quantitative estimate of drug-likeness (QED) is 0.148. The number of aliphatic carboxylic acids is 1. The van der Waals surface area contributed by atoms with E-state index in [-0.39, 0.29) is 17.7 Å². The number of unbranched alkanes of at least 4 members (excludes halogenated alkanes) is 1. The van der Waals surface area contributed by atoms with Crippen molar-refractivity contribution >= 4 is 36.3 Å². The standard InChI is InChI=1S/C17H31N5O5S/c1-10(17(26)27)20-15(24)12(5-2-3-7-18)21-16(25)13(9-28)22-14(23)11-6-4-8-19-11/h10-13,19,28H,2-9,18H2,1H3,(H,20,24)(H,21,25)(H,22,23)(H,26,27). The number of thiol groups is 1. The summed E-state index contributed by atoms with van der Waals surface area (Å²) in [6.07, 6.45) is 3.14. The van der Waals surface area contributed by atoms with Crippen molar-refractivity contribution in [3.8, 4) is 0 Å². The summed E-state index contributed by atoms with van der Waals surface area (Å²) in [6.45, 7) is 2.53. The number of nitrogens with two attached hydrogens (primary N) is 1. The summed E-state index contributed by atoms with van der Waals surface area (Å²) in [5.41, 5.74) is 5.47. The van der Waals surface area contributed by atoms with Crippen molar-refractivity contribution in [2.24, 2.45) is 5.73 Å². The van der Waals surface area contributed by atoms with Gasteiger partial charge in [0.1, 0.15) is 18.1 Å². The first kappa shape index (κ1) is 24.2. The average molecular weight is 418 g/mol. The third-order valence-corrected chi connectivity index (χ3v) is 4.87. The zero-order chi connectivity index (χ0) is 21.1. The van der Waals surface area contributed by atoms with Gasteiger partial charge in [-0.15, -0.1) is 0 Å². The third-order valence-electron chi connectivity index (χ3n) is 4.50. The molecular formula is C17H31N5O5S. The van der Waals surface area contributed by atoms with Crippen LogP contribution in [0.5, 0.6) is 0 Å². The highest BCUT2D eigenvalue weighted by atomic mass is 32.1. The zero-order valence-corrected chi connectivity index (χ0v) is 17.0. The van der Waals surface area contributed by atoms with Crippen molar-refractivity contribution in [1.29, 1.82) is 0 Å². The highest BCUT2D eigenvalue weighted by Gasteiger charge is 2.30. The maximum Gasteiger partial charge on any atom is 0.325 e. The number of nitrogens with one attached hydrogen (secondary N) is 4. The predicted molar refractivity (Wildman–Crippen MR) is 107 cm³/mol. The van der Waals surface area contributed by atoms with Crippen LogP contribution in [0.4, 0.5) is 0 Å². The maximum absolute atomic E-state index is 12.6. The van der Waals surface area contributed by atoms with E-state index in [0.717, 1.165) is 13.0 Å². The van der Waals surface area contributed by atoms with Gasteiger partial charge in [0.25, 0.3) is 0 Å². The molecule has 0 spiro atoms. The fourth-order valence-electron chi connectivity index (χ4n) is 2.78. The SMILES string of the molecule is CC(NC(=O)C(CCCCN)NC(=O)C(CS)NC(=O)C1CCCN1)C(=O)O. The van der Waals surface area contributed by atoms with Gasteiger partial charge in [-0.25, -0.2) is 0 Å². The molecule has 0 radical (unpaired) electrons. The molecule has 1 saturated heterocycles. The molecule has 1 heterocycles. The molecule has 4 unspecified atom stereocenters. The minimum Gasteiger partial charge on any atom is -0.480 e. The lowest BCUT2D eigenvalue weighted by molar-refractivity contribution is -0.141. The average Bonchev–Trinajstić information content (AvgIpc) is 3.19. The third kappa shape index (κ3) is 8.03. The smallest absolute Gasteiger partial charge is 0.325 e. The molecule has 160 valence electrons. The molecule has 11 heteroatoms. The number of amides is 3. The van der Waals surface area contributed by atoms with Crippen molar-refractivity contribution in [2.45, 2.75) is 63.2 Å². The lowest BCUT2D eigenvalue weighted by Gasteiger charge is -2.24. The highest BCUT2D eigenvalue weighted by Crippen LogP contribution is 2.06. The number of hydrogen-bond donors (Lipinski definition) is 7. The molecule has 0 aromatic rings. The predicted octanol–water partition coefficient (Wildman–Crippen LogP) is -1.64. The van der Waals surface area contributed by atoms with Gasteiger partial charge in [-0.2, -0.15) is 12.6 Å². The van der Waals surface area contributed by atoms with Crippen LogP contribution < -0.4 is 27.0 Å². The molecule has 1 fully saturated rings. The van der Waals surface area contributed by atoms with Crippen LogP contribution >= 0.6 is 12.6 Å². The van der Waals surface area contributed by atoms with Gasteiger partial charge in [0, 0.05) is 5.75 Å². The van der Waals surface area contributed by atoms with Gasteiger partial charge < -0.3 is 32.1 Å². The molecule has 1 aliphatic rings. The fourth-order valence-corrected chi connectivity index (χ4v) is 3.04. The summed E-state index contributed by atoms with van der Waals surface area (Å²) >= 11 is 4.12. The van der Waals surface area contributed by atoms with Gasteiger partial charge in [-0.05, 0) is 52.1 Å². The van der Waals surface area contributed by atoms with Crippen LogP contribution in [0.2, 0.25) is 0 Å². The second kappa shape index (κ2) is 12.6. The lowest BCUT2D eigenvalue weighted by Crippen LogP contribution is -2.57. The summed E-state index contributed by atoms with van der Waals surface area (Å²) in [5, 5.41) is 19.6. The van der Waals surface area contributed by atoms with Crippen LogP contribution in [-0.4, -0.2) is 71.8 Å². The topological polar surface area (TPSA) is 163 Å². The van der Waals surface area contributed by atoms with E-state index in [0.29, 0.717) is 32.2 Å². The largest absolute Gasteiger partial charge is 0.480 e. The van der Waals surface area contributed by atoms with Crippen molar-refractivity contribution in [1.82, 2.24) is 21.3 Å². The molecule has 10 nitrogen and oxygen atoms in total. The van der Waals surface area contributed by atoms with E-state index < -0.39 is 35.9 Å². The van der Waals surface area contributed by atoms with Gasteiger partial charge in [0.2, 0.25) is 17.7 Å². The Morgan fingerprint density at radius 2 is 1.82 bits per heavy atom. The van der Waals surface area contributed by atoms with Gasteiger partial charge in [-0.1, -0.05) is 0 Å². The van der Waals surface area contributed by atoms with Gasteiger partial charge >= 0.3 is 5.97 Å². The van der Waals surface area contributed by atoms with E-state index >= 15 is 0 Å². The zero-order valence-electron chi connectivity index (χ0n) is 16.1. The van der Waals surface area contributed by atoms with E-state index in [9.17, 15) is 19.2 Å². The first-order valence-electron chi connectivity index (χ1n) is 9.48. The summed E-state index contributed by atoms with van der Waals surface area (Å²) in [6, 6.07) is -3.25. The van der Waals surface area contributed by atoms with Crippen LogP contribution in [0.15, 0.2) is 0 Å². The molecule has 3 amide bonds. The normalized spacial score (nSPS) is 19.3. The van der Waals surface area contributed by atoms with E-state index in [1.807, 2.05) is 0 Å².